The van der Waals surface area contributed by atoms with Gasteiger partial charge in [0.25, 0.3) is 0 Å². The van der Waals surface area contributed by atoms with Crippen LogP contribution in [-0.4, -0.2) is 109 Å². The summed E-state index contributed by atoms with van der Waals surface area (Å²) in [6.45, 7) is 16.8. The van der Waals surface area contributed by atoms with Crippen LogP contribution in [0.5, 0.6) is 0 Å². The number of carbonyl (C=O) groups is 2. The van der Waals surface area contributed by atoms with E-state index >= 15 is 0 Å². The Morgan fingerprint density at radius 2 is 1.74 bits per heavy atom. The molecule has 1 aromatic carbocycles. The third kappa shape index (κ3) is 9.92. The number of amides is 2. The monoisotopic (exact) mass is 608 g/mol. The second kappa shape index (κ2) is 14.5. The smallest absolute Gasteiger partial charge is 0.407 e. The summed E-state index contributed by atoms with van der Waals surface area (Å²) in [6, 6.07) is 8.38. The Bertz CT molecular complexity index is 1140. The van der Waals surface area contributed by atoms with Crippen LogP contribution in [0.25, 0.3) is 0 Å². The first-order valence-corrected chi connectivity index (χ1v) is 17.0. The number of piperazine rings is 1. The number of ether oxygens (including phenoxy) is 1. The van der Waals surface area contributed by atoms with Crippen LogP contribution in [-0.2, 0) is 25.8 Å². The van der Waals surface area contributed by atoms with Gasteiger partial charge in [-0.15, -0.1) is 0 Å². The van der Waals surface area contributed by atoms with Crippen LogP contribution < -0.4 is 10.6 Å². The van der Waals surface area contributed by atoms with Crippen LogP contribution in [0, 0.1) is 11.8 Å². The maximum absolute atomic E-state index is 13.4. The maximum atomic E-state index is 13.4. The van der Waals surface area contributed by atoms with Crippen molar-refractivity contribution >= 4 is 21.8 Å². The first-order chi connectivity index (χ1) is 19.6. The summed E-state index contributed by atoms with van der Waals surface area (Å²) in [5, 5.41) is 16.7. The summed E-state index contributed by atoms with van der Waals surface area (Å²) < 4.78 is 30.8. The topological polar surface area (TPSA) is 128 Å². The molecule has 0 aliphatic carbocycles. The molecule has 42 heavy (non-hydrogen) atoms. The fourth-order valence-electron chi connectivity index (χ4n) is 6.10. The molecular weight excluding hydrogens is 556 g/mol. The van der Waals surface area contributed by atoms with Gasteiger partial charge < -0.3 is 20.5 Å². The van der Waals surface area contributed by atoms with Gasteiger partial charge in [0.05, 0.1) is 17.9 Å². The zero-order valence-corrected chi connectivity index (χ0v) is 27.2. The summed E-state index contributed by atoms with van der Waals surface area (Å²) in [6.07, 6.45) is -1.88. The van der Waals surface area contributed by atoms with Gasteiger partial charge in [-0.3, -0.25) is 14.6 Å². The lowest BCUT2D eigenvalue weighted by Crippen LogP contribution is -2.63. The number of rotatable bonds is 11. The highest BCUT2D eigenvalue weighted by Gasteiger charge is 2.45. The Labute approximate surface area is 252 Å². The van der Waals surface area contributed by atoms with Crippen molar-refractivity contribution in [3.05, 3.63) is 35.9 Å². The van der Waals surface area contributed by atoms with E-state index in [9.17, 15) is 23.1 Å². The number of benzene rings is 1. The third-order valence-electron chi connectivity index (χ3n) is 7.87. The van der Waals surface area contributed by atoms with E-state index < -0.39 is 51.0 Å². The zero-order chi connectivity index (χ0) is 31.2. The molecule has 238 valence electrons. The van der Waals surface area contributed by atoms with Crippen molar-refractivity contribution in [2.75, 3.05) is 38.5 Å². The molecule has 3 rings (SSSR count). The summed E-state index contributed by atoms with van der Waals surface area (Å²) in [5.41, 5.74) is 0.527. The number of β-amino-alcohol motifs (C(OH)–C–C–N with tert-alkyl or cyclic N) is 1. The summed E-state index contributed by atoms with van der Waals surface area (Å²) in [4.78, 5) is 30.8. The number of aliphatic hydroxyl groups excluding tert-OH is 1. The van der Waals surface area contributed by atoms with Gasteiger partial charge in [0.2, 0.25) is 5.91 Å². The standard InChI is InChI=1S/C31H52N4O6S/c1-21(2)18-34-14-15-35(25(19-34)29(37)33-31(5,6)7)20-26(36)24(17-23-11-9-8-10-12-23)32-30(38)41-27-13-16-42(39,40)28(27)22(3)4/h8-12,21-22,24-28,36H,13-20H2,1-7H3,(H,32,38)(H,33,37)/t24-,25-,26+,27+,28+/m0/s1. The number of hydrogen-bond donors (Lipinski definition) is 3. The summed E-state index contributed by atoms with van der Waals surface area (Å²) in [7, 11) is -3.34. The average Bonchev–Trinajstić information content (AvgIpc) is 3.17. The molecule has 2 amide bonds. The quantitative estimate of drug-likeness (QED) is 0.350. The van der Waals surface area contributed by atoms with Gasteiger partial charge in [-0.25, -0.2) is 13.2 Å². The van der Waals surface area contributed by atoms with Crippen LogP contribution in [0.4, 0.5) is 4.79 Å². The molecule has 2 heterocycles. The van der Waals surface area contributed by atoms with Gasteiger partial charge in [-0.2, -0.15) is 0 Å². The van der Waals surface area contributed by atoms with Crippen LogP contribution in [0.2, 0.25) is 0 Å². The van der Waals surface area contributed by atoms with Gasteiger partial charge in [0.1, 0.15) is 17.4 Å². The van der Waals surface area contributed by atoms with Gasteiger partial charge in [0, 0.05) is 38.3 Å². The van der Waals surface area contributed by atoms with E-state index in [1.165, 1.54) is 0 Å². The van der Waals surface area contributed by atoms with E-state index in [4.69, 9.17) is 4.74 Å². The van der Waals surface area contributed by atoms with Crippen molar-refractivity contribution in [2.24, 2.45) is 11.8 Å². The van der Waals surface area contributed by atoms with Gasteiger partial charge >= 0.3 is 6.09 Å². The van der Waals surface area contributed by atoms with Crippen molar-refractivity contribution in [3.63, 3.8) is 0 Å². The third-order valence-corrected chi connectivity index (χ3v) is 10.4. The van der Waals surface area contributed by atoms with E-state index in [1.54, 1.807) is 0 Å². The highest BCUT2D eigenvalue weighted by molar-refractivity contribution is 7.92. The van der Waals surface area contributed by atoms with E-state index in [1.807, 2.05) is 69.9 Å². The van der Waals surface area contributed by atoms with Crippen LogP contribution >= 0.6 is 0 Å². The normalized spacial score (nSPS) is 24.9. The molecule has 10 nitrogen and oxygen atoms in total. The minimum Gasteiger partial charge on any atom is -0.445 e. The van der Waals surface area contributed by atoms with Gasteiger partial charge in [-0.1, -0.05) is 58.0 Å². The molecule has 11 heteroatoms. The Morgan fingerprint density at radius 3 is 2.33 bits per heavy atom. The Balaban J connectivity index is 1.77. The highest BCUT2D eigenvalue weighted by atomic mass is 32.2. The fourth-order valence-corrected chi connectivity index (χ4v) is 8.42. The van der Waals surface area contributed by atoms with Crippen LogP contribution in [0.1, 0.15) is 60.5 Å². The minimum absolute atomic E-state index is 0.00926. The fraction of sp³-hybridized carbons (Fsp3) is 0.742. The first-order valence-electron chi connectivity index (χ1n) is 15.2. The number of sulfone groups is 1. The van der Waals surface area contributed by atoms with E-state index in [-0.39, 0.29) is 30.5 Å². The lowest BCUT2D eigenvalue weighted by molar-refractivity contribution is -0.131. The predicted octanol–water partition coefficient (Wildman–Crippen LogP) is 2.45. The molecule has 2 fully saturated rings. The molecule has 3 N–H and O–H groups in total. The second-order valence-corrected chi connectivity index (χ2v) is 16.0. The minimum atomic E-state index is -3.34. The van der Waals surface area contributed by atoms with Crippen molar-refractivity contribution in [1.29, 1.82) is 0 Å². The largest absolute Gasteiger partial charge is 0.445 e. The maximum Gasteiger partial charge on any atom is 0.407 e. The first kappa shape index (κ1) is 34.3. The molecule has 2 saturated heterocycles. The van der Waals surface area contributed by atoms with E-state index in [0.29, 0.717) is 25.4 Å². The molecule has 2 aliphatic rings. The molecule has 1 aromatic rings. The predicted molar refractivity (Wildman–Crippen MR) is 165 cm³/mol. The van der Waals surface area contributed by atoms with Crippen molar-refractivity contribution in [1.82, 2.24) is 20.4 Å². The van der Waals surface area contributed by atoms with E-state index in [2.05, 4.69) is 29.4 Å². The lowest BCUT2D eigenvalue weighted by atomic mass is 9.99. The number of hydrogen-bond acceptors (Lipinski definition) is 8. The van der Waals surface area contributed by atoms with Crippen LogP contribution in [0.15, 0.2) is 30.3 Å². The zero-order valence-electron chi connectivity index (χ0n) is 26.4. The molecule has 2 aliphatic heterocycles. The van der Waals surface area contributed by atoms with E-state index in [0.717, 1.165) is 18.7 Å². The van der Waals surface area contributed by atoms with Crippen molar-refractivity contribution < 1.29 is 27.9 Å². The molecule has 0 unspecified atom stereocenters. The van der Waals surface area contributed by atoms with Crippen molar-refractivity contribution in [2.45, 2.75) is 96.4 Å². The molecule has 0 radical (unpaired) electrons. The number of nitrogens with one attached hydrogen (secondary N) is 2. The number of nitrogens with zero attached hydrogens (tertiary/aromatic N) is 2. The molecule has 0 spiro atoms. The van der Waals surface area contributed by atoms with Gasteiger partial charge in [-0.05, 0) is 51.0 Å². The Morgan fingerprint density at radius 1 is 1.07 bits per heavy atom. The van der Waals surface area contributed by atoms with Gasteiger partial charge in [0.15, 0.2) is 9.84 Å². The second-order valence-electron chi connectivity index (χ2n) is 13.7. The summed E-state index contributed by atoms with van der Waals surface area (Å²) in [5.74, 6) is 0.179. The molecular formula is C31H52N4O6S. The molecule has 5 atom stereocenters. The number of alkyl carbamates (subject to hydrolysis) is 1. The highest BCUT2D eigenvalue weighted by Crippen LogP contribution is 2.29. The molecule has 0 aromatic heterocycles. The Hall–Kier alpha value is -2.21. The molecule has 0 bridgehead atoms. The number of aliphatic hydroxyl groups is 1. The molecule has 0 saturated carbocycles. The Kier molecular flexibility index (Phi) is 11.8. The van der Waals surface area contributed by atoms with Crippen LogP contribution in [0.3, 0.4) is 0 Å². The van der Waals surface area contributed by atoms with Crippen molar-refractivity contribution in [3.8, 4) is 0 Å². The SMILES string of the molecule is CC(C)CN1CCN(C[C@@H](O)[C@H](Cc2ccccc2)NC(=O)O[C@@H]2CCS(=O)(=O)[C@@H]2C(C)C)[C@H](C(=O)NC(C)(C)C)C1. The number of carbonyl (C=O) groups excluding carboxylic acids is 2. The summed E-state index contributed by atoms with van der Waals surface area (Å²) >= 11 is 0. The average molecular weight is 609 g/mol. The lowest BCUT2D eigenvalue weighted by Gasteiger charge is -2.43.